The minimum atomic E-state index is -3.77. The molecule has 118 valence electrons. The van der Waals surface area contributed by atoms with Crippen molar-refractivity contribution in [2.24, 2.45) is 0 Å². The van der Waals surface area contributed by atoms with Crippen molar-refractivity contribution >= 4 is 31.6 Å². The van der Waals surface area contributed by atoms with Crippen molar-refractivity contribution < 1.29 is 17.5 Å². The smallest absolute Gasteiger partial charge is 0.261 e. The first-order chi connectivity index (χ1) is 10.3. The minimum Gasteiger partial charge on any atom is -0.491 e. The van der Waals surface area contributed by atoms with Gasteiger partial charge in [0.15, 0.2) is 11.6 Å². The summed E-state index contributed by atoms with van der Waals surface area (Å²) in [4.78, 5) is 0.113. The Balaban J connectivity index is 2.28. The van der Waals surface area contributed by atoms with Gasteiger partial charge in [0, 0.05) is 10.5 Å². The summed E-state index contributed by atoms with van der Waals surface area (Å²) in [6.07, 6.45) is 0. The van der Waals surface area contributed by atoms with Gasteiger partial charge >= 0.3 is 0 Å². The highest BCUT2D eigenvalue weighted by Crippen LogP contribution is 2.25. The lowest BCUT2D eigenvalue weighted by atomic mass is 10.2. The van der Waals surface area contributed by atoms with Crippen LogP contribution < -0.4 is 9.46 Å². The van der Waals surface area contributed by atoms with E-state index in [9.17, 15) is 12.8 Å². The van der Waals surface area contributed by atoms with Gasteiger partial charge in [-0.25, -0.2) is 12.8 Å². The predicted molar refractivity (Wildman–Crippen MR) is 87.3 cm³/mol. The molecule has 2 rings (SSSR count). The number of hydrogen-bond donors (Lipinski definition) is 1. The molecular weight excluding hydrogens is 373 g/mol. The number of hydrogen-bond acceptors (Lipinski definition) is 3. The number of nitrogens with one attached hydrogen (secondary N) is 1. The van der Waals surface area contributed by atoms with Gasteiger partial charge in [-0.05, 0) is 49.7 Å². The van der Waals surface area contributed by atoms with Crippen LogP contribution in [0.1, 0.15) is 12.5 Å². The molecule has 0 spiro atoms. The topological polar surface area (TPSA) is 55.4 Å². The average Bonchev–Trinajstić information content (AvgIpc) is 2.44. The third-order valence-electron chi connectivity index (χ3n) is 2.92. The summed E-state index contributed by atoms with van der Waals surface area (Å²) in [6.45, 7) is 3.87. The molecule has 7 heteroatoms. The fourth-order valence-electron chi connectivity index (χ4n) is 1.84. The first kappa shape index (κ1) is 16.8. The molecule has 0 unspecified atom stereocenters. The van der Waals surface area contributed by atoms with Gasteiger partial charge in [-0.2, -0.15) is 0 Å². The van der Waals surface area contributed by atoms with Crippen LogP contribution in [0.5, 0.6) is 5.75 Å². The summed E-state index contributed by atoms with van der Waals surface area (Å²) >= 11 is 3.32. The van der Waals surface area contributed by atoms with Gasteiger partial charge in [0.1, 0.15) is 0 Å². The third-order valence-corrected chi connectivity index (χ3v) is 5.19. The summed E-state index contributed by atoms with van der Waals surface area (Å²) in [5, 5.41) is 0. The molecule has 4 nitrogen and oxygen atoms in total. The van der Waals surface area contributed by atoms with Gasteiger partial charge in [0.05, 0.1) is 17.2 Å². The van der Waals surface area contributed by atoms with Crippen LogP contribution in [0, 0.1) is 12.7 Å². The van der Waals surface area contributed by atoms with Crippen LogP contribution in [0.4, 0.5) is 10.1 Å². The molecule has 0 aromatic heterocycles. The fraction of sp³-hybridized carbons (Fsp3) is 0.200. The quantitative estimate of drug-likeness (QED) is 0.839. The lowest BCUT2D eigenvalue weighted by molar-refractivity contribution is 0.321. The van der Waals surface area contributed by atoms with E-state index in [0.29, 0.717) is 6.61 Å². The molecule has 2 aromatic rings. The highest BCUT2D eigenvalue weighted by Gasteiger charge is 2.16. The highest BCUT2D eigenvalue weighted by molar-refractivity contribution is 9.10. The van der Waals surface area contributed by atoms with E-state index in [1.165, 1.54) is 24.3 Å². The monoisotopic (exact) mass is 387 g/mol. The Bertz CT molecular complexity index is 793. The zero-order valence-electron chi connectivity index (χ0n) is 12.1. The van der Waals surface area contributed by atoms with Crippen LogP contribution in [0.3, 0.4) is 0 Å². The second-order valence-electron chi connectivity index (χ2n) is 4.59. The average molecular weight is 388 g/mol. The van der Waals surface area contributed by atoms with Crippen molar-refractivity contribution in [1.82, 2.24) is 0 Å². The lowest BCUT2D eigenvalue weighted by Gasteiger charge is -2.11. The Labute approximate surface area is 137 Å². The van der Waals surface area contributed by atoms with Crippen LogP contribution in [-0.4, -0.2) is 15.0 Å². The van der Waals surface area contributed by atoms with Crippen molar-refractivity contribution in [1.29, 1.82) is 0 Å². The van der Waals surface area contributed by atoms with E-state index in [0.717, 1.165) is 16.1 Å². The molecule has 0 aliphatic rings. The second kappa shape index (κ2) is 6.66. The van der Waals surface area contributed by atoms with Crippen molar-refractivity contribution in [3.8, 4) is 5.75 Å². The van der Waals surface area contributed by atoms with Crippen LogP contribution in [0.2, 0.25) is 0 Å². The van der Waals surface area contributed by atoms with Crippen molar-refractivity contribution in [2.45, 2.75) is 18.7 Å². The molecule has 0 aliphatic heterocycles. The van der Waals surface area contributed by atoms with Crippen LogP contribution in [-0.2, 0) is 10.0 Å². The maximum Gasteiger partial charge on any atom is 0.261 e. The number of rotatable bonds is 5. The van der Waals surface area contributed by atoms with Crippen LogP contribution in [0.25, 0.3) is 0 Å². The number of anilines is 1. The first-order valence-corrected chi connectivity index (χ1v) is 8.82. The first-order valence-electron chi connectivity index (χ1n) is 6.55. The molecule has 0 amide bonds. The predicted octanol–water partition coefficient (Wildman–Crippen LogP) is 4.10. The lowest BCUT2D eigenvalue weighted by Crippen LogP contribution is -2.13. The SMILES string of the molecule is CCOc1ccc(NS(=O)(=O)c2ccc(Br)c(C)c2)cc1F. The maximum atomic E-state index is 13.8. The van der Waals surface area contributed by atoms with Gasteiger partial charge in [-0.15, -0.1) is 0 Å². The van der Waals surface area contributed by atoms with E-state index < -0.39 is 15.8 Å². The number of halogens is 2. The van der Waals surface area contributed by atoms with Gasteiger partial charge in [-0.3, -0.25) is 4.72 Å². The second-order valence-corrected chi connectivity index (χ2v) is 7.13. The normalized spacial score (nSPS) is 11.3. The summed E-state index contributed by atoms with van der Waals surface area (Å²) < 4.78 is 46.6. The third kappa shape index (κ3) is 3.78. The van der Waals surface area contributed by atoms with Gasteiger partial charge < -0.3 is 4.74 Å². The van der Waals surface area contributed by atoms with Crippen molar-refractivity contribution in [3.63, 3.8) is 0 Å². The standard InChI is InChI=1S/C15H15BrFNO3S/c1-3-21-15-7-4-11(9-14(15)17)18-22(19,20)12-5-6-13(16)10(2)8-12/h4-9,18H,3H2,1-2H3. The number of aryl methyl sites for hydroxylation is 1. The molecule has 0 aliphatic carbocycles. The zero-order valence-corrected chi connectivity index (χ0v) is 14.5. The Kier molecular flexibility index (Phi) is 5.08. The summed E-state index contributed by atoms with van der Waals surface area (Å²) in [6, 6.07) is 8.61. The van der Waals surface area contributed by atoms with E-state index in [2.05, 4.69) is 20.7 Å². The number of ether oxygens (including phenoxy) is 1. The van der Waals surface area contributed by atoms with Crippen molar-refractivity contribution in [2.75, 3.05) is 11.3 Å². The summed E-state index contributed by atoms with van der Waals surface area (Å²) in [5.74, 6) is -0.529. The largest absolute Gasteiger partial charge is 0.491 e. The number of sulfonamides is 1. The van der Waals surface area contributed by atoms with Crippen molar-refractivity contribution in [3.05, 3.63) is 52.3 Å². The molecule has 0 saturated carbocycles. The Morgan fingerprint density at radius 2 is 1.95 bits per heavy atom. The zero-order chi connectivity index (χ0) is 16.3. The minimum absolute atomic E-state index is 0.0879. The Morgan fingerprint density at radius 3 is 2.55 bits per heavy atom. The van der Waals surface area contributed by atoms with E-state index in [-0.39, 0.29) is 16.3 Å². The summed E-state index contributed by atoms with van der Waals surface area (Å²) in [5.41, 5.74) is 0.933. The molecule has 0 bridgehead atoms. The molecule has 0 atom stereocenters. The molecule has 0 heterocycles. The van der Waals surface area contributed by atoms with Gasteiger partial charge in [0.25, 0.3) is 10.0 Å². The Hall–Kier alpha value is -1.60. The number of benzene rings is 2. The highest BCUT2D eigenvalue weighted by atomic mass is 79.9. The molecule has 1 N–H and O–H groups in total. The maximum absolute atomic E-state index is 13.8. The molecular formula is C15H15BrFNO3S. The molecule has 2 aromatic carbocycles. The van der Waals surface area contributed by atoms with E-state index in [1.807, 2.05) is 0 Å². The summed E-state index contributed by atoms with van der Waals surface area (Å²) in [7, 11) is -3.77. The van der Waals surface area contributed by atoms with Crippen LogP contribution >= 0.6 is 15.9 Å². The Morgan fingerprint density at radius 1 is 1.23 bits per heavy atom. The molecule has 0 fully saturated rings. The van der Waals surface area contributed by atoms with Gasteiger partial charge in [0.2, 0.25) is 0 Å². The molecule has 22 heavy (non-hydrogen) atoms. The molecule has 0 saturated heterocycles. The van der Waals surface area contributed by atoms with Gasteiger partial charge in [-0.1, -0.05) is 15.9 Å². The van der Waals surface area contributed by atoms with E-state index >= 15 is 0 Å². The molecule has 0 radical (unpaired) electrons. The fourth-order valence-corrected chi connectivity index (χ4v) is 3.22. The van der Waals surface area contributed by atoms with E-state index in [4.69, 9.17) is 4.74 Å². The van der Waals surface area contributed by atoms with Crippen LogP contribution in [0.15, 0.2) is 45.8 Å². The van der Waals surface area contributed by atoms with E-state index in [1.54, 1.807) is 19.9 Å².